The number of imide groups is 2. The Morgan fingerprint density at radius 2 is 1.55 bits per heavy atom. The summed E-state index contributed by atoms with van der Waals surface area (Å²) in [5.41, 5.74) is -0.911. The number of hydrogen-bond acceptors (Lipinski definition) is 11. The van der Waals surface area contributed by atoms with Crippen molar-refractivity contribution in [2.45, 2.75) is 63.3 Å². The molecule has 0 aliphatic carbocycles. The highest BCUT2D eigenvalue weighted by atomic mass is 19.4. The van der Waals surface area contributed by atoms with Crippen LogP contribution in [-0.2, 0) is 21.4 Å². The van der Waals surface area contributed by atoms with Crippen molar-refractivity contribution in [3.63, 3.8) is 0 Å². The zero-order valence-corrected chi connectivity index (χ0v) is 32.9. The minimum atomic E-state index is -4.72. The second-order valence-electron chi connectivity index (χ2n) is 16.2. The molecule has 3 fully saturated rings. The van der Waals surface area contributed by atoms with Crippen LogP contribution in [0.2, 0.25) is 0 Å². The van der Waals surface area contributed by atoms with Gasteiger partial charge in [0, 0.05) is 69.6 Å². The number of likely N-dealkylation sites (tertiary alicyclic amines) is 1. The number of carbonyl (C=O) groups is 5. The third-order valence-corrected chi connectivity index (χ3v) is 11.7. The number of amides is 5. The summed E-state index contributed by atoms with van der Waals surface area (Å²) in [6.07, 6.45) is 0.452. The van der Waals surface area contributed by atoms with E-state index in [1.807, 2.05) is 11.1 Å². The first-order chi connectivity index (χ1) is 28.4. The maximum absolute atomic E-state index is 15.4. The number of rotatable bonds is 9. The van der Waals surface area contributed by atoms with Gasteiger partial charge >= 0.3 is 6.18 Å². The maximum atomic E-state index is 15.4. The Labute approximate surface area is 341 Å². The normalized spacial score (nSPS) is 19.9. The van der Waals surface area contributed by atoms with Gasteiger partial charge in [0.25, 0.3) is 17.7 Å². The lowest BCUT2D eigenvalue weighted by atomic mass is 9.94. The topological polar surface area (TPSA) is 173 Å². The molecule has 3 N–H and O–H groups in total. The molecule has 60 heavy (non-hydrogen) atoms. The van der Waals surface area contributed by atoms with Gasteiger partial charge in [0.15, 0.2) is 0 Å². The van der Waals surface area contributed by atoms with Crippen molar-refractivity contribution in [1.29, 1.82) is 0 Å². The van der Waals surface area contributed by atoms with E-state index in [0.717, 1.165) is 67.8 Å². The molecule has 4 aliphatic heterocycles. The fourth-order valence-corrected chi connectivity index (χ4v) is 8.43. The van der Waals surface area contributed by atoms with Crippen LogP contribution in [0.5, 0.6) is 0 Å². The average molecular weight is 834 g/mol. The second-order valence-corrected chi connectivity index (χ2v) is 16.2. The molecule has 3 aromatic heterocycles. The van der Waals surface area contributed by atoms with E-state index < -0.39 is 64.6 Å². The lowest BCUT2D eigenvalue weighted by Gasteiger charge is -2.38. The highest BCUT2D eigenvalue weighted by Crippen LogP contribution is 2.35. The number of alkyl halides is 3. The van der Waals surface area contributed by atoms with Crippen LogP contribution in [0.15, 0.2) is 48.8 Å². The third-order valence-electron chi connectivity index (χ3n) is 11.7. The van der Waals surface area contributed by atoms with E-state index >= 15 is 4.39 Å². The highest BCUT2D eigenvalue weighted by molar-refractivity contribution is 6.23. The van der Waals surface area contributed by atoms with Gasteiger partial charge in [-0.2, -0.15) is 13.2 Å². The van der Waals surface area contributed by atoms with Crippen LogP contribution in [-0.4, -0.2) is 122 Å². The van der Waals surface area contributed by atoms with Crippen LogP contribution in [0.4, 0.5) is 28.9 Å². The number of piperidine rings is 2. The number of aliphatic hydroxyl groups is 1. The van der Waals surface area contributed by atoms with Gasteiger partial charge in [0.2, 0.25) is 11.8 Å². The summed E-state index contributed by atoms with van der Waals surface area (Å²) in [5, 5.41) is 15.7. The Morgan fingerprint density at radius 3 is 2.20 bits per heavy atom. The van der Waals surface area contributed by atoms with Crippen LogP contribution in [0.25, 0.3) is 5.65 Å². The summed E-state index contributed by atoms with van der Waals surface area (Å²) in [6.45, 7) is 8.72. The van der Waals surface area contributed by atoms with Crippen LogP contribution in [0, 0.1) is 5.82 Å². The van der Waals surface area contributed by atoms with Crippen molar-refractivity contribution in [3.05, 3.63) is 88.4 Å². The molecular formula is C41H43F4N9O6. The molecule has 0 spiro atoms. The summed E-state index contributed by atoms with van der Waals surface area (Å²) in [5.74, 6) is -3.95. The number of piperazine rings is 1. The number of hydrogen-bond donors (Lipinski definition) is 3. The number of nitrogens with zero attached hydrogens (tertiary/aromatic N) is 7. The van der Waals surface area contributed by atoms with Gasteiger partial charge in [-0.3, -0.25) is 39.1 Å². The van der Waals surface area contributed by atoms with E-state index in [4.69, 9.17) is 4.98 Å². The summed E-state index contributed by atoms with van der Waals surface area (Å²) in [4.78, 5) is 79.2. The minimum Gasteiger partial charge on any atom is -0.386 e. The molecule has 4 aliphatic rings. The molecule has 19 heteroatoms. The Morgan fingerprint density at radius 1 is 0.883 bits per heavy atom. The van der Waals surface area contributed by atoms with Crippen LogP contribution < -0.4 is 15.5 Å². The van der Waals surface area contributed by atoms with E-state index in [0.29, 0.717) is 37.4 Å². The van der Waals surface area contributed by atoms with Gasteiger partial charge in [0.05, 0.1) is 33.8 Å². The molecule has 15 nitrogen and oxygen atoms in total. The molecule has 7 heterocycles. The number of carbonyl (C=O) groups excluding carboxylic acids is 5. The first kappa shape index (κ1) is 41.0. The molecule has 1 unspecified atom stereocenters. The zero-order valence-electron chi connectivity index (χ0n) is 32.9. The van der Waals surface area contributed by atoms with Gasteiger partial charge in [-0.05, 0) is 76.5 Å². The summed E-state index contributed by atoms with van der Waals surface area (Å²) < 4.78 is 56.9. The summed E-state index contributed by atoms with van der Waals surface area (Å²) in [7, 11) is 0. The van der Waals surface area contributed by atoms with E-state index in [1.165, 1.54) is 12.1 Å². The standard InChI is InChI=1S/C41H43F4N9O6/c1-40(2,60)26-20-34-47-29(21-53(34)22-30(26)48-36(56)28-4-3-5-33(46-28)41(43,44)45)23-8-10-50(11-9-23)12-13-51-14-16-52(17-15-51)32-19-25-24(18-27(32)42)38(58)54(39(25)59)31-6-7-35(55)49-37(31)57/h3-5,18-23,31,60H,6-17H2,1-2H3,(H,48,56)(H,49,55,57). The molecule has 1 aromatic carbocycles. The molecule has 0 saturated carbocycles. The lowest BCUT2D eigenvalue weighted by molar-refractivity contribution is -0.141. The quantitative estimate of drug-likeness (QED) is 0.166. The van der Waals surface area contributed by atoms with Crippen molar-refractivity contribution < 1.29 is 46.6 Å². The smallest absolute Gasteiger partial charge is 0.386 e. The van der Waals surface area contributed by atoms with Gasteiger partial charge in [0.1, 0.15) is 28.9 Å². The SMILES string of the molecule is CC(C)(O)c1cc2nc(C3CCN(CCN4CCN(c5cc6c(cc5F)C(=O)N(C5CCC(=O)NC5=O)C6=O)CC4)CC3)cn2cc1NC(=O)c1cccc(C(F)(F)F)n1. The van der Waals surface area contributed by atoms with E-state index in [-0.39, 0.29) is 41.3 Å². The predicted octanol–water partition coefficient (Wildman–Crippen LogP) is 3.77. The zero-order chi connectivity index (χ0) is 42.7. The first-order valence-corrected chi connectivity index (χ1v) is 19.8. The third kappa shape index (κ3) is 8.08. The van der Waals surface area contributed by atoms with Crippen molar-refractivity contribution in [1.82, 2.24) is 34.4 Å². The molecule has 5 amide bonds. The number of anilines is 2. The number of aromatic nitrogens is 3. The number of halogens is 4. The Hall–Kier alpha value is -5.79. The fraction of sp³-hybridized carbons (Fsp3) is 0.439. The van der Waals surface area contributed by atoms with Gasteiger partial charge in [-0.15, -0.1) is 0 Å². The van der Waals surface area contributed by atoms with E-state index in [1.54, 1.807) is 30.5 Å². The number of nitrogens with one attached hydrogen (secondary N) is 2. The van der Waals surface area contributed by atoms with Crippen LogP contribution in [0.3, 0.4) is 0 Å². The average Bonchev–Trinajstić information content (AvgIpc) is 3.73. The molecule has 0 radical (unpaired) electrons. The number of imidazole rings is 1. The Kier molecular flexibility index (Phi) is 10.7. The van der Waals surface area contributed by atoms with Crippen molar-refractivity contribution >= 4 is 46.6 Å². The highest BCUT2D eigenvalue weighted by Gasteiger charge is 2.45. The fourth-order valence-electron chi connectivity index (χ4n) is 8.43. The molecule has 3 saturated heterocycles. The molecule has 1 atom stereocenters. The van der Waals surface area contributed by atoms with Gasteiger partial charge < -0.3 is 24.6 Å². The Bertz CT molecular complexity index is 2400. The van der Waals surface area contributed by atoms with Crippen LogP contribution >= 0.6 is 0 Å². The molecule has 8 rings (SSSR count). The number of fused-ring (bicyclic) bond motifs is 2. The summed E-state index contributed by atoms with van der Waals surface area (Å²) >= 11 is 0. The lowest BCUT2D eigenvalue weighted by Crippen LogP contribution is -2.54. The largest absolute Gasteiger partial charge is 0.433 e. The van der Waals surface area contributed by atoms with Crippen LogP contribution in [0.1, 0.15) is 93.6 Å². The predicted molar refractivity (Wildman–Crippen MR) is 208 cm³/mol. The summed E-state index contributed by atoms with van der Waals surface area (Å²) in [6, 6.07) is 6.07. The molecule has 4 aromatic rings. The van der Waals surface area contributed by atoms with Gasteiger partial charge in [-0.1, -0.05) is 6.07 Å². The number of pyridine rings is 2. The van der Waals surface area contributed by atoms with Gasteiger partial charge in [-0.25, -0.2) is 14.4 Å². The number of benzene rings is 1. The van der Waals surface area contributed by atoms with Crippen molar-refractivity contribution in [3.8, 4) is 0 Å². The second kappa shape index (κ2) is 15.7. The van der Waals surface area contributed by atoms with Crippen molar-refractivity contribution in [2.24, 2.45) is 0 Å². The van der Waals surface area contributed by atoms with Crippen molar-refractivity contribution in [2.75, 3.05) is 62.6 Å². The molecular weight excluding hydrogens is 790 g/mol. The Balaban J connectivity index is 0.847. The minimum absolute atomic E-state index is 0.00638. The molecule has 0 bridgehead atoms. The van der Waals surface area contributed by atoms with E-state index in [2.05, 4.69) is 25.4 Å². The maximum Gasteiger partial charge on any atom is 0.433 e. The monoisotopic (exact) mass is 833 g/mol. The first-order valence-electron chi connectivity index (χ1n) is 19.8. The molecule has 316 valence electrons. The van der Waals surface area contributed by atoms with E-state index in [9.17, 15) is 42.3 Å².